The Bertz CT molecular complexity index is 1200. The first-order valence-electron chi connectivity index (χ1n) is 10.2. The average Bonchev–Trinajstić information content (AvgIpc) is 3.45. The Morgan fingerprint density at radius 2 is 1.80 bits per heavy atom. The number of fused-ring (bicyclic) bond motifs is 1. The molecule has 4 aromatic heterocycles. The van der Waals surface area contributed by atoms with Gasteiger partial charge in [-0.25, -0.2) is 4.68 Å². The van der Waals surface area contributed by atoms with Crippen LogP contribution in [-0.2, 0) is 7.05 Å². The molecule has 4 aromatic rings. The van der Waals surface area contributed by atoms with Gasteiger partial charge < -0.3 is 14.2 Å². The van der Waals surface area contributed by atoms with E-state index >= 15 is 0 Å². The van der Waals surface area contributed by atoms with E-state index in [9.17, 15) is 4.79 Å². The first-order valence-corrected chi connectivity index (χ1v) is 10.2. The average molecular weight is 403 g/mol. The molecule has 1 saturated heterocycles. The summed E-state index contributed by atoms with van der Waals surface area (Å²) in [7, 11) is 4.01. The molecular weight excluding hydrogens is 378 g/mol. The van der Waals surface area contributed by atoms with Gasteiger partial charge in [0.15, 0.2) is 5.69 Å². The largest absolute Gasteiger partial charge is 0.336 e. The van der Waals surface area contributed by atoms with Gasteiger partial charge in [0, 0.05) is 61.9 Å². The lowest BCUT2D eigenvalue weighted by Gasteiger charge is -2.19. The topological polar surface area (TPSA) is 63.6 Å². The summed E-state index contributed by atoms with van der Waals surface area (Å²) in [5.41, 5.74) is 3.68. The van der Waals surface area contributed by atoms with Gasteiger partial charge in [-0.2, -0.15) is 10.2 Å². The van der Waals surface area contributed by atoms with Crippen LogP contribution in [-0.4, -0.2) is 72.9 Å². The predicted octanol–water partition coefficient (Wildman–Crippen LogP) is 2.30. The molecule has 0 atom stereocenters. The third kappa shape index (κ3) is 3.39. The molecule has 8 heteroatoms. The number of amides is 1. The molecule has 0 saturated carbocycles. The van der Waals surface area contributed by atoms with Crippen molar-refractivity contribution in [2.75, 3.05) is 33.2 Å². The van der Waals surface area contributed by atoms with Crippen molar-refractivity contribution in [1.82, 2.24) is 33.8 Å². The van der Waals surface area contributed by atoms with E-state index in [2.05, 4.69) is 50.9 Å². The zero-order valence-electron chi connectivity index (χ0n) is 17.3. The Morgan fingerprint density at radius 1 is 0.933 bits per heavy atom. The summed E-state index contributed by atoms with van der Waals surface area (Å²) in [4.78, 5) is 17.1. The summed E-state index contributed by atoms with van der Waals surface area (Å²) in [5, 5.41) is 8.87. The van der Waals surface area contributed by atoms with Gasteiger partial charge in [-0.15, -0.1) is 0 Å². The van der Waals surface area contributed by atoms with Crippen LogP contribution in [0.25, 0.3) is 22.5 Å². The zero-order chi connectivity index (χ0) is 20.7. The fraction of sp³-hybridized carbons (Fsp3) is 0.318. The summed E-state index contributed by atoms with van der Waals surface area (Å²) in [6.45, 7) is 3.43. The molecular formula is C22H25N7O. The maximum atomic E-state index is 13.0. The third-order valence-corrected chi connectivity index (χ3v) is 5.72. The molecule has 1 aliphatic rings. The van der Waals surface area contributed by atoms with Crippen molar-refractivity contribution in [2.24, 2.45) is 7.05 Å². The number of likely N-dealkylation sites (N-methyl/N-ethyl adjacent to an activating group) is 1. The standard InChI is InChI=1S/C22H25N7O/c1-25-9-3-10-27(13-12-25)22(30)20-8-11-29(24-20)21-7-6-19-5-4-17(16-28(19)21)18-14-23-26(2)15-18/h4-8,11,14-16H,3,9-10,12-13H2,1-2H3. The molecule has 5 heterocycles. The molecule has 0 aliphatic carbocycles. The highest BCUT2D eigenvalue weighted by Gasteiger charge is 2.21. The van der Waals surface area contributed by atoms with E-state index in [1.54, 1.807) is 15.4 Å². The molecule has 154 valence electrons. The van der Waals surface area contributed by atoms with Crippen molar-refractivity contribution in [3.8, 4) is 16.9 Å². The molecule has 0 spiro atoms. The Morgan fingerprint density at radius 3 is 2.63 bits per heavy atom. The summed E-state index contributed by atoms with van der Waals surface area (Å²) in [6.07, 6.45) is 8.77. The second kappa shape index (κ2) is 7.46. The summed E-state index contributed by atoms with van der Waals surface area (Å²) >= 11 is 0. The van der Waals surface area contributed by atoms with Crippen LogP contribution in [0.4, 0.5) is 0 Å². The molecule has 0 radical (unpaired) electrons. The number of aryl methyl sites for hydroxylation is 1. The van der Waals surface area contributed by atoms with Crippen molar-refractivity contribution >= 4 is 11.4 Å². The summed E-state index contributed by atoms with van der Waals surface area (Å²) in [5.74, 6) is 0.895. The van der Waals surface area contributed by atoms with E-state index in [0.717, 1.165) is 55.1 Å². The molecule has 1 fully saturated rings. The molecule has 0 unspecified atom stereocenters. The Balaban J connectivity index is 1.45. The number of hydrogen-bond donors (Lipinski definition) is 0. The molecule has 5 rings (SSSR count). The van der Waals surface area contributed by atoms with Crippen LogP contribution < -0.4 is 0 Å². The summed E-state index contributed by atoms with van der Waals surface area (Å²) < 4.78 is 5.66. The molecule has 0 N–H and O–H groups in total. The minimum Gasteiger partial charge on any atom is -0.336 e. The van der Waals surface area contributed by atoms with E-state index < -0.39 is 0 Å². The van der Waals surface area contributed by atoms with Gasteiger partial charge in [-0.05, 0) is 44.3 Å². The van der Waals surface area contributed by atoms with E-state index in [1.165, 1.54) is 0 Å². The summed E-state index contributed by atoms with van der Waals surface area (Å²) in [6, 6.07) is 10.0. The fourth-order valence-corrected chi connectivity index (χ4v) is 3.99. The van der Waals surface area contributed by atoms with Gasteiger partial charge in [-0.3, -0.25) is 9.48 Å². The lowest BCUT2D eigenvalue weighted by Crippen LogP contribution is -2.34. The predicted molar refractivity (Wildman–Crippen MR) is 115 cm³/mol. The van der Waals surface area contributed by atoms with E-state index in [0.29, 0.717) is 5.69 Å². The first kappa shape index (κ1) is 18.6. The zero-order valence-corrected chi connectivity index (χ0v) is 17.3. The van der Waals surface area contributed by atoms with Crippen molar-refractivity contribution in [1.29, 1.82) is 0 Å². The first-order chi connectivity index (χ1) is 14.6. The van der Waals surface area contributed by atoms with E-state index in [4.69, 9.17) is 0 Å². The van der Waals surface area contributed by atoms with Gasteiger partial charge in [0.2, 0.25) is 0 Å². The van der Waals surface area contributed by atoms with Crippen LogP contribution in [0.3, 0.4) is 0 Å². The van der Waals surface area contributed by atoms with Gasteiger partial charge in [0.05, 0.1) is 6.20 Å². The molecule has 1 amide bonds. The second-order valence-electron chi connectivity index (χ2n) is 7.90. The van der Waals surface area contributed by atoms with Gasteiger partial charge in [-0.1, -0.05) is 6.07 Å². The number of hydrogen-bond acceptors (Lipinski definition) is 4. The van der Waals surface area contributed by atoms with E-state index in [-0.39, 0.29) is 5.91 Å². The Labute approximate surface area is 174 Å². The fourth-order valence-electron chi connectivity index (χ4n) is 3.99. The minimum absolute atomic E-state index is 0.000889. The Hall–Kier alpha value is -3.39. The highest BCUT2D eigenvalue weighted by atomic mass is 16.2. The minimum atomic E-state index is 0.000889. The lowest BCUT2D eigenvalue weighted by molar-refractivity contribution is 0.0756. The van der Waals surface area contributed by atoms with Crippen molar-refractivity contribution in [2.45, 2.75) is 6.42 Å². The van der Waals surface area contributed by atoms with Crippen LogP contribution in [0, 0.1) is 0 Å². The number of pyridine rings is 1. The maximum Gasteiger partial charge on any atom is 0.274 e. The molecule has 0 aromatic carbocycles. The molecule has 30 heavy (non-hydrogen) atoms. The number of carbonyl (C=O) groups is 1. The highest BCUT2D eigenvalue weighted by Crippen LogP contribution is 2.22. The maximum absolute atomic E-state index is 13.0. The lowest BCUT2D eigenvalue weighted by atomic mass is 10.1. The number of rotatable bonds is 3. The smallest absolute Gasteiger partial charge is 0.274 e. The molecule has 8 nitrogen and oxygen atoms in total. The van der Waals surface area contributed by atoms with Crippen molar-refractivity contribution in [3.63, 3.8) is 0 Å². The van der Waals surface area contributed by atoms with Crippen LogP contribution in [0.1, 0.15) is 16.9 Å². The Kier molecular flexibility index (Phi) is 4.63. The van der Waals surface area contributed by atoms with Crippen LogP contribution in [0.2, 0.25) is 0 Å². The van der Waals surface area contributed by atoms with Gasteiger partial charge in [0.1, 0.15) is 5.82 Å². The second-order valence-corrected chi connectivity index (χ2v) is 7.90. The van der Waals surface area contributed by atoms with Crippen LogP contribution in [0.5, 0.6) is 0 Å². The number of aromatic nitrogens is 5. The third-order valence-electron chi connectivity index (χ3n) is 5.72. The molecule has 1 aliphatic heterocycles. The van der Waals surface area contributed by atoms with Gasteiger partial charge >= 0.3 is 0 Å². The van der Waals surface area contributed by atoms with Crippen molar-refractivity contribution < 1.29 is 4.79 Å². The molecule has 0 bridgehead atoms. The SMILES string of the molecule is CN1CCCN(C(=O)c2ccn(-c3ccc4ccc(-c5cnn(C)c5)cn34)n2)CC1. The quantitative estimate of drug-likeness (QED) is 0.527. The number of nitrogens with zero attached hydrogens (tertiary/aromatic N) is 7. The normalized spacial score (nSPS) is 15.6. The highest BCUT2D eigenvalue weighted by molar-refractivity contribution is 5.92. The van der Waals surface area contributed by atoms with Crippen LogP contribution in [0.15, 0.2) is 55.1 Å². The monoisotopic (exact) mass is 403 g/mol. The van der Waals surface area contributed by atoms with Crippen LogP contribution >= 0.6 is 0 Å². The van der Waals surface area contributed by atoms with Gasteiger partial charge in [0.25, 0.3) is 5.91 Å². The van der Waals surface area contributed by atoms with Crippen molar-refractivity contribution in [3.05, 3.63) is 60.8 Å². The van der Waals surface area contributed by atoms with E-state index in [1.807, 2.05) is 36.6 Å². The number of carbonyl (C=O) groups excluding carboxylic acids is 1.